The lowest BCUT2D eigenvalue weighted by atomic mass is 9.86. The molecule has 0 bridgehead atoms. The van der Waals surface area contributed by atoms with Gasteiger partial charge in [-0.15, -0.1) is 11.3 Å². The minimum absolute atomic E-state index is 0.0687. The van der Waals surface area contributed by atoms with Crippen LogP contribution in [0.15, 0.2) is 184 Å². The average Bonchev–Trinajstić information content (AvgIpc) is 1.58. The van der Waals surface area contributed by atoms with Crippen molar-refractivity contribution >= 4 is 111 Å². The Hall–Kier alpha value is -9.31. The molecule has 3 aliphatic heterocycles. The number of guanidine groups is 1. The summed E-state index contributed by atoms with van der Waals surface area (Å²) in [5.74, 6) is -0.718. The maximum atomic E-state index is 14.1. The number of nitriles is 2. The number of rotatable bonds is 19. The van der Waals surface area contributed by atoms with Crippen molar-refractivity contribution in [3.63, 3.8) is 0 Å². The van der Waals surface area contributed by atoms with Crippen LogP contribution in [0.2, 0.25) is 14.5 Å². The Balaban J connectivity index is 0.000000173. The second-order valence-electron chi connectivity index (χ2n) is 26.6. The van der Waals surface area contributed by atoms with Crippen LogP contribution in [0.3, 0.4) is 0 Å². The summed E-state index contributed by atoms with van der Waals surface area (Å²) in [6.45, 7) is 9.26. The molecule has 1 amide bonds. The fourth-order valence-corrected chi connectivity index (χ4v) is 14.3. The number of amides is 1. The third-order valence-corrected chi connectivity index (χ3v) is 21.5. The Labute approximate surface area is 663 Å². The molecule has 6 aromatic carbocycles. The molecule has 2 saturated heterocycles. The van der Waals surface area contributed by atoms with Gasteiger partial charge in [0.05, 0.1) is 24.1 Å². The van der Waals surface area contributed by atoms with E-state index in [2.05, 4.69) is 20.6 Å². The summed E-state index contributed by atoms with van der Waals surface area (Å²) in [5, 5.41) is 36.5. The normalized spacial score (nSPS) is 20.7. The van der Waals surface area contributed by atoms with Crippen LogP contribution in [-0.2, 0) is 40.8 Å². The molecule has 2 aliphatic carbocycles. The number of aromatic nitrogens is 1. The lowest BCUT2D eigenvalue weighted by Crippen LogP contribution is -2.49. The molecule has 20 nitrogen and oxygen atoms in total. The second kappa shape index (κ2) is 36.0. The highest BCUT2D eigenvalue weighted by atomic mass is 35.5. The number of esters is 2. The van der Waals surface area contributed by atoms with Gasteiger partial charge in [-0.05, 0) is 120 Å². The number of para-hydroxylation sites is 2. The molecule has 1 unspecified atom stereocenters. The monoisotopic (exact) mass is 1680 g/mol. The van der Waals surface area contributed by atoms with E-state index in [-0.39, 0.29) is 52.7 Å². The van der Waals surface area contributed by atoms with Crippen LogP contribution in [0.4, 0.5) is 39.5 Å². The molecule has 5 aliphatic rings. The van der Waals surface area contributed by atoms with E-state index in [1.165, 1.54) is 29.5 Å². The van der Waals surface area contributed by atoms with E-state index in [9.17, 15) is 74.5 Å². The predicted molar refractivity (Wildman–Crippen MR) is 398 cm³/mol. The number of benzene rings is 6. The van der Waals surface area contributed by atoms with Crippen LogP contribution in [0, 0.1) is 74.2 Å². The van der Waals surface area contributed by atoms with Gasteiger partial charge in [0, 0.05) is 74.4 Å². The number of thiazole rings is 1. The van der Waals surface area contributed by atoms with Crippen molar-refractivity contribution in [2.45, 2.75) is 90.0 Å². The Morgan fingerprint density at radius 2 is 1.22 bits per heavy atom. The van der Waals surface area contributed by atoms with Gasteiger partial charge in [0.1, 0.15) is 63.8 Å². The second-order valence-corrected chi connectivity index (χ2v) is 31.1. The number of thioether (sulfide) groups is 1. The highest BCUT2D eigenvalue weighted by molar-refractivity contribution is 8.00. The van der Waals surface area contributed by atoms with Gasteiger partial charge < -0.3 is 43.6 Å². The minimum Gasteiger partial charge on any atom is -0.457 e. The number of carbonyl (C=O) groups excluding carboxylic acids is 3. The largest absolute Gasteiger partial charge is 0.457 e. The summed E-state index contributed by atoms with van der Waals surface area (Å²) < 4.78 is 147. The van der Waals surface area contributed by atoms with Gasteiger partial charge in [-0.2, -0.15) is 61.8 Å². The maximum absolute atomic E-state index is 14.1. The number of oxime groups is 1. The van der Waals surface area contributed by atoms with E-state index >= 15 is 0 Å². The van der Waals surface area contributed by atoms with Crippen LogP contribution in [0.1, 0.15) is 89.4 Å². The molecular formula is C75H65Cl5F9N9O11S2. The number of allylic oxidation sites excluding steroid dienone is 4. The zero-order chi connectivity index (χ0) is 81.1. The van der Waals surface area contributed by atoms with Crippen molar-refractivity contribution in [3.05, 3.63) is 237 Å². The number of nitro groups is 1. The zero-order valence-electron chi connectivity index (χ0n) is 59.0. The summed E-state index contributed by atoms with van der Waals surface area (Å²) in [6, 6.07) is 43.6. The first-order valence-corrected chi connectivity index (χ1v) is 37.0. The zero-order valence-corrected chi connectivity index (χ0v) is 64.5. The topological polar surface area (TPSA) is 253 Å². The van der Waals surface area contributed by atoms with Gasteiger partial charge in [0.15, 0.2) is 9.50 Å². The first kappa shape index (κ1) is 85.7. The molecule has 111 heavy (non-hydrogen) atoms. The lowest BCUT2D eigenvalue weighted by molar-refractivity contribution is -0.486. The summed E-state index contributed by atoms with van der Waals surface area (Å²) >= 11 is 31.3. The van der Waals surface area contributed by atoms with Crippen molar-refractivity contribution in [2.75, 3.05) is 32.0 Å². The molecule has 1 aromatic heterocycles. The summed E-state index contributed by atoms with van der Waals surface area (Å²) in [6.07, 6.45) is -13.8. The Kier molecular flexibility index (Phi) is 27.8. The fourth-order valence-electron chi connectivity index (χ4n) is 11.9. The molecule has 7 aromatic rings. The van der Waals surface area contributed by atoms with Gasteiger partial charge in [-0.1, -0.05) is 170 Å². The molecule has 7 atom stereocenters. The van der Waals surface area contributed by atoms with Crippen molar-refractivity contribution in [2.24, 2.45) is 44.8 Å². The fraction of sp³-hybridized carbons (Fsp3) is 0.333. The molecule has 4 fully saturated rings. The number of nitrogens with zero attached hydrogens (tertiary/aromatic N) is 8. The highest BCUT2D eigenvalue weighted by Crippen LogP contribution is 2.62. The van der Waals surface area contributed by atoms with Crippen molar-refractivity contribution < 1.29 is 87.5 Å². The number of halogens is 14. The third-order valence-electron chi connectivity index (χ3n) is 18.0. The number of nitrogens with one attached hydrogen (secondary N) is 1. The number of ether oxygens (including phenoxy) is 5. The Morgan fingerprint density at radius 3 is 1.64 bits per heavy atom. The number of hydrogen-bond acceptors (Lipinski definition) is 17. The molecular weight excluding hydrogens is 1620 g/mol. The summed E-state index contributed by atoms with van der Waals surface area (Å²) in [7, 11) is 1.67. The van der Waals surface area contributed by atoms with E-state index in [4.69, 9.17) is 86.5 Å². The van der Waals surface area contributed by atoms with Gasteiger partial charge >= 0.3 is 30.5 Å². The Bertz CT molecular complexity index is 4590. The van der Waals surface area contributed by atoms with Crippen LogP contribution >= 0.6 is 81.1 Å². The lowest BCUT2D eigenvalue weighted by Gasteiger charge is -2.34. The summed E-state index contributed by atoms with van der Waals surface area (Å²) in [5.41, 5.74) is -1.96. The molecule has 0 spiro atoms. The molecule has 586 valence electrons. The molecule has 2 saturated carbocycles. The summed E-state index contributed by atoms with van der Waals surface area (Å²) in [4.78, 5) is 61.2. The third kappa shape index (κ3) is 22.1. The Morgan fingerprint density at radius 1 is 0.721 bits per heavy atom. The first-order chi connectivity index (χ1) is 52.2. The van der Waals surface area contributed by atoms with E-state index in [0.29, 0.717) is 61.8 Å². The van der Waals surface area contributed by atoms with E-state index in [1.807, 2.05) is 48.5 Å². The molecule has 0 radical (unpaired) electrons. The van der Waals surface area contributed by atoms with Crippen molar-refractivity contribution in [1.29, 1.82) is 10.5 Å². The molecule has 36 heteroatoms. The van der Waals surface area contributed by atoms with E-state index < -0.39 is 104 Å². The standard InChI is InChI=1S/2C23H19ClF3NO3.C21H17Cl2F3N2O2S.C8H10ClN5O3S/c2*1-22(2)17(12-19(24)23(25,26)27)20(22)21(29)31-18(13-28)14-7-6-10-16(11-14)30-15-8-4-3-5-9-15;1-11-4-12(2-3-17(11)19(29)27-16-9-31-10-16)18-8-20(30-28-18,21(24,25)26)13-5-14(22)7-15(23)6-13;1-12-4-17-5-13(8(12)11-14(15)16)3-6-2-10-7(9)18-6/h2*3-12,17-18,20H,1-2H3;2-7,16H,8-10H2,1H3,(H,27,29);2H,3-5H2,1H3/b2*19-12-;;11-8+/t2*17-,18+,20-;;/m10../s1. The van der Waals surface area contributed by atoms with Crippen molar-refractivity contribution in [3.8, 4) is 35.1 Å². The van der Waals surface area contributed by atoms with Crippen LogP contribution in [0.25, 0.3) is 0 Å². The molecule has 4 heterocycles. The van der Waals surface area contributed by atoms with Gasteiger partial charge in [-0.25, -0.2) is 15.1 Å². The van der Waals surface area contributed by atoms with Gasteiger partial charge in [0.25, 0.3) is 17.5 Å². The van der Waals surface area contributed by atoms with Crippen LogP contribution < -0.4 is 14.8 Å². The predicted octanol–water partition coefficient (Wildman–Crippen LogP) is 19.8. The SMILES string of the molecule is CC1(C)[C@H](/C=C(\Cl)C(F)(F)F)[C@@H]1C(=O)O[C@@H](C#N)c1cccc(Oc2ccccc2)c1.CC1(C)[C@H](C(=O)O[C@H](C#N)c2cccc(Oc3ccccc3)c2)[C@@H]1/C=C(\Cl)C(F)(F)F.CN1COCN(Cc2cnc(Cl)s2)/C1=N/[N+](=O)[O-].Cc1cc(C2=NOC(c3cc(Cl)cc(Cl)c3)(C(F)(F)F)C2)ccc1C(=O)NC1CSC1. The number of hydrazone groups is 1. The highest BCUT2D eigenvalue weighted by Gasteiger charge is 2.65. The average molecular weight is 1680 g/mol. The minimum atomic E-state index is -4.76. The number of aryl methyl sites for hydroxylation is 1. The van der Waals surface area contributed by atoms with E-state index in [0.717, 1.165) is 28.5 Å². The molecule has 1 N–H and O–H groups in total. The molecule has 12 rings (SSSR count). The van der Waals surface area contributed by atoms with Crippen molar-refractivity contribution in [1.82, 2.24) is 20.1 Å². The number of hydrogen-bond donors (Lipinski definition) is 1. The number of alkyl halides is 9. The van der Waals surface area contributed by atoms with E-state index in [1.54, 1.807) is 160 Å². The number of carbonyl (C=O) groups is 3. The maximum Gasteiger partial charge on any atom is 0.435 e. The van der Waals surface area contributed by atoms with Gasteiger partial charge in [0.2, 0.25) is 12.2 Å². The van der Waals surface area contributed by atoms with Crippen LogP contribution in [-0.4, -0.2) is 106 Å². The van der Waals surface area contributed by atoms with Crippen LogP contribution in [0.5, 0.6) is 23.0 Å². The quantitative estimate of drug-likeness (QED) is 0.0342. The smallest absolute Gasteiger partial charge is 0.435 e. The first-order valence-electron chi connectivity index (χ1n) is 33.1. The van der Waals surface area contributed by atoms with Gasteiger partial charge in [-0.3, -0.25) is 14.4 Å².